The van der Waals surface area contributed by atoms with E-state index in [-0.39, 0.29) is 0 Å². The molecular formula is C19H33NO3. The monoisotopic (exact) mass is 323 g/mol. The van der Waals surface area contributed by atoms with E-state index in [1.54, 1.807) is 14.2 Å². The molecule has 0 aliphatic rings. The van der Waals surface area contributed by atoms with Crippen molar-refractivity contribution in [3.8, 4) is 17.2 Å². The molecule has 1 unspecified atom stereocenters. The smallest absolute Gasteiger partial charge is 0.203 e. The second-order valence-corrected chi connectivity index (χ2v) is 5.79. The number of rotatable bonds is 11. The summed E-state index contributed by atoms with van der Waals surface area (Å²) in [4.78, 5) is 2.39. The summed E-state index contributed by atoms with van der Waals surface area (Å²) in [5, 5.41) is 0. The number of methoxy groups -OCH3 is 2. The van der Waals surface area contributed by atoms with Gasteiger partial charge >= 0.3 is 0 Å². The van der Waals surface area contributed by atoms with Crippen LogP contribution in [0.2, 0.25) is 0 Å². The molecule has 0 radical (unpaired) electrons. The zero-order chi connectivity index (χ0) is 17.2. The van der Waals surface area contributed by atoms with Gasteiger partial charge in [0.2, 0.25) is 5.75 Å². The van der Waals surface area contributed by atoms with Crippen LogP contribution in [-0.4, -0.2) is 45.4 Å². The van der Waals surface area contributed by atoms with E-state index in [4.69, 9.17) is 14.2 Å². The molecule has 0 aromatic heterocycles. The van der Waals surface area contributed by atoms with E-state index in [9.17, 15) is 0 Å². The minimum absolute atomic E-state index is 0.467. The molecule has 0 fully saturated rings. The predicted octanol–water partition coefficient (Wildman–Crippen LogP) is 4.33. The van der Waals surface area contributed by atoms with Crippen LogP contribution in [0.25, 0.3) is 0 Å². The molecule has 0 spiro atoms. The first-order chi connectivity index (χ1) is 11.1. The van der Waals surface area contributed by atoms with E-state index >= 15 is 0 Å². The topological polar surface area (TPSA) is 30.9 Å². The highest BCUT2D eigenvalue weighted by Gasteiger charge is 2.16. The maximum atomic E-state index is 5.98. The van der Waals surface area contributed by atoms with Crippen molar-refractivity contribution in [3.05, 3.63) is 17.7 Å². The molecule has 0 saturated heterocycles. The van der Waals surface area contributed by atoms with E-state index in [1.807, 2.05) is 0 Å². The van der Waals surface area contributed by atoms with Crippen molar-refractivity contribution in [1.82, 2.24) is 4.90 Å². The van der Waals surface area contributed by atoms with Gasteiger partial charge < -0.3 is 19.1 Å². The van der Waals surface area contributed by atoms with Gasteiger partial charge in [-0.25, -0.2) is 0 Å². The minimum atomic E-state index is 0.467. The van der Waals surface area contributed by atoms with Crippen molar-refractivity contribution >= 4 is 0 Å². The molecule has 0 aliphatic heterocycles. The van der Waals surface area contributed by atoms with Crippen LogP contribution in [0.5, 0.6) is 17.2 Å². The van der Waals surface area contributed by atoms with Crippen LogP contribution in [0.15, 0.2) is 12.1 Å². The number of nitrogens with zero attached hydrogens (tertiary/aromatic N) is 1. The van der Waals surface area contributed by atoms with Crippen LogP contribution in [0.4, 0.5) is 0 Å². The molecule has 0 saturated carbocycles. The SMILES string of the molecule is CCC(C)c1cc(OC)c(OCCCN(CC)CC)c(OC)c1. The Bertz CT molecular complexity index is 433. The summed E-state index contributed by atoms with van der Waals surface area (Å²) in [6.07, 6.45) is 2.07. The van der Waals surface area contributed by atoms with E-state index in [1.165, 1.54) is 5.56 Å². The first-order valence-corrected chi connectivity index (χ1v) is 8.72. The van der Waals surface area contributed by atoms with Gasteiger partial charge in [0.05, 0.1) is 20.8 Å². The van der Waals surface area contributed by atoms with Gasteiger partial charge in [-0.3, -0.25) is 0 Å². The Morgan fingerprint density at radius 3 is 2.00 bits per heavy atom. The first kappa shape index (κ1) is 19.6. The molecule has 0 bridgehead atoms. The van der Waals surface area contributed by atoms with Crippen molar-refractivity contribution in [2.24, 2.45) is 0 Å². The third-order valence-electron chi connectivity index (χ3n) is 4.42. The lowest BCUT2D eigenvalue weighted by molar-refractivity contribution is 0.235. The Hall–Kier alpha value is -1.42. The van der Waals surface area contributed by atoms with Gasteiger partial charge in [-0.15, -0.1) is 0 Å². The highest BCUT2D eigenvalue weighted by Crippen LogP contribution is 2.40. The van der Waals surface area contributed by atoms with Crippen LogP contribution in [0.1, 0.15) is 52.0 Å². The lowest BCUT2D eigenvalue weighted by Crippen LogP contribution is -2.25. The molecule has 132 valence electrons. The number of hydrogen-bond acceptors (Lipinski definition) is 4. The standard InChI is InChI=1S/C19H33NO3/c1-7-15(4)16-13-17(21-5)19(18(14-16)22-6)23-12-10-11-20(8-2)9-3/h13-15H,7-12H2,1-6H3. The van der Waals surface area contributed by atoms with Crippen molar-refractivity contribution in [3.63, 3.8) is 0 Å². The van der Waals surface area contributed by atoms with Gasteiger partial charge in [0.25, 0.3) is 0 Å². The van der Waals surface area contributed by atoms with E-state index in [0.717, 1.165) is 44.0 Å². The maximum Gasteiger partial charge on any atom is 0.203 e. The molecule has 1 atom stereocenters. The molecule has 4 nitrogen and oxygen atoms in total. The fourth-order valence-corrected chi connectivity index (χ4v) is 2.56. The minimum Gasteiger partial charge on any atom is -0.493 e. The number of hydrogen-bond donors (Lipinski definition) is 0. The Morgan fingerprint density at radius 1 is 1.00 bits per heavy atom. The molecule has 0 amide bonds. The molecule has 0 N–H and O–H groups in total. The highest BCUT2D eigenvalue weighted by molar-refractivity contribution is 5.54. The summed E-state index contributed by atoms with van der Waals surface area (Å²) in [5.74, 6) is 2.68. The van der Waals surface area contributed by atoms with Crippen molar-refractivity contribution in [2.75, 3.05) is 40.5 Å². The molecule has 1 aromatic carbocycles. The summed E-state index contributed by atoms with van der Waals surface area (Å²) >= 11 is 0. The van der Waals surface area contributed by atoms with Gasteiger partial charge in [-0.2, -0.15) is 0 Å². The van der Waals surface area contributed by atoms with Gasteiger partial charge in [0, 0.05) is 6.54 Å². The van der Waals surface area contributed by atoms with Crippen molar-refractivity contribution < 1.29 is 14.2 Å². The average Bonchev–Trinajstić information content (AvgIpc) is 2.60. The molecule has 1 rings (SSSR count). The van der Waals surface area contributed by atoms with E-state index in [2.05, 4.69) is 44.7 Å². The summed E-state index contributed by atoms with van der Waals surface area (Å²) < 4.78 is 17.0. The van der Waals surface area contributed by atoms with E-state index in [0.29, 0.717) is 18.3 Å². The van der Waals surface area contributed by atoms with Crippen molar-refractivity contribution in [1.29, 1.82) is 0 Å². The van der Waals surface area contributed by atoms with E-state index < -0.39 is 0 Å². The normalized spacial score (nSPS) is 12.3. The fraction of sp³-hybridized carbons (Fsp3) is 0.684. The molecule has 4 heteroatoms. The first-order valence-electron chi connectivity index (χ1n) is 8.72. The quantitative estimate of drug-likeness (QED) is 0.567. The summed E-state index contributed by atoms with van der Waals surface area (Å²) in [7, 11) is 3.36. The van der Waals surface area contributed by atoms with Gasteiger partial charge in [-0.1, -0.05) is 27.7 Å². The zero-order valence-corrected chi connectivity index (χ0v) is 15.6. The summed E-state index contributed by atoms with van der Waals surface area (Å²) in [5.41, 5.74) is 1.22. The Balaban J connectivity index is 2.80. The van der Waals surface area contributed by atoms with Crippen LogP contribution >= 0.6 is 0 Å². The zero-order valence-electron chi connectivity index (χ0n) is 15.6. The second kappa shape index (κ2) is 10.4. The van der Waals surface area contributed by atoms with Crippen LogP contribution < -0.4 is 14.2 Å². The Labute approximate surface area is 141 Å². The van der Waals surface area contributed by atoms with Gasteiger partial charge in [-0.05, 0) is 49.5 Å². The predicted molar refractivity (Wildman–Crippen MR) is 96.2 cm³/mol. The lowest BCUT2D eigenvalue weighted by Gasteiger charge is -2.20. The van der Waals surface area contributed by atoms with Crippen LogP contribution in [-0.2, 0) is 0 Å². The summed E-state index contributed by atoms with van der Waals surface area (Å²) in [6, 6.07) is 4.13. The molecule has 0 heterocycles. The third-order valence-corrected chi connectivity index (χ3v) is 4.42. The largest absolute Gasteiger partial charge is 0.493 e. The van der Waals surface area contributed by atoms with Crippen LogP contribution in [0.3, 0.4) is 0 Å². The van der Waals surface area contributed by atoms with Gasteiger partial charge in [0.15, 0.2) is 11.5 Å². The number of benzene rings is 1. The fourth-order valence-electron chi connectivity index (χ4n) is 2.56. The molecule has 23 heavy (non-hydrogen) atoms. The summed E-state index contributed by atoms with van der Waals surface area (Å²) in [6.45, 7) is 12.6. The second-order valence-electron chi connectivity index (χ2n) is 5.79. The van der Waals surface area contributed by atoms with Crippen molar-refractivity contribution in [2.45, 2.75) is 46.5 Å². The van der Waals surface area contributed by atoms with Crippen LogP contribution in [0, 0.1) is 0 Å². The maximum absolute atomic E-state index is 5.98. The molecular weight excluding hydrogens is 290 g/mol. The lowest BCUT2D eigenvalue weighted by atomic mass is 9.98. The third kappa shape index (κ3) is 5.61. The average molecular weight is 323 g/mol. The Morgan fingerprint density at radius 2 is 1.57 bits per heavy atom. The number of ether oxygens (including phenoxy) is 3. The Kier molecular flexibility index (Phi) is 8.85. The molecule has 0 aliphatic carbocycles. The van der Waals surface area contributed by atoms with Gasteiger partial charge in [0.1, 0.15) is 0 Å². The molecule has 1 aromatic rings. The highest BCUT2D eigenvalue weighted by atomic mass is 16.5.